The quantitative estimate of drug-likeness (QED) is 0.888. The number of aromatic amines is 1. The minimum Gasteiger partial charge on any atom is -0.376 e. The molecule has 100 valence electrons. The highest BCUT2D eigenvalue weighted by molar-refractivity contribution is 6.06. The molecule has 2 heterocycles. The molecule has 0 radical (unpaired) electrons. The monoisotopic (exact) mass is 258 g/mol. The summed E-state index contributed by atoms with van der Waals surface area (Å²) in [4.78, 5) is 15.3. The summed E-state index contributed by atoms with van der Waals surface area (Å²) < 4.78 is 5.62. The average molecular weight is 258 g/mol. The van der Waals surface area contributed by atoms with Crippen LogP contribution in [0.5, 0.6) is 0 Å². The normalized spacial score (nSPS) is 19.5. The van der Waals surface area contributed by atoms with E-state index in [1.807, 2.05) is 30.5 Å². The van der Waals surface area contributed by atoms with Gasteiger partial charge in [0.1, 0.15) is 0 Å². The van der Waals surface area contributed by atoms with Crippen LogP contribution < -0.4 is 5.32 Å². The van der Waals surface area contributed by atoms with Crippen LogP contribution in [0.1, 0.15) is 29.6 Å². The Morgan fingerprint density at radius 2 is 2.32 bits per heavy atom. The number of hydrogen-bond acceptors (Lipinski definition) is 2. The highest BCUT2D eigenvalue weighted by atomic mass is 16.5. The molecule has 0 saturated carbocycles. The molecular formula is C15H18N2O2. The fourth-order valence-corrected chi connectivity index (χ4v) is 2.55. The van der Waals surface area contributed by atoms with Gasteiger partial charge in [-0.2, -0.15) is 0 Å². The second-order valence-electron chi connectivity index (χ2n) is 4.94. The largest absolute Gasteiger partial charge is 0.376 e. The molecule has 4 nitrogen and oxygen atoms in total. The van der Waals surface area contributed by atoms with E-state index in [2.05, 4.69) is 10.3 Å². The third-order valence-corrected chi connectivity index (χ3v) is 3.60. The SMILES string of the molecule is O=C(NCC1CCCCO1)c1cccc2[nH]ccc12. The summed E-state index contributed by atoms with van der Waals surface area (Å²) in [7, 11) is 0. The van der Waals surface area contributed by atoms with Crippen molar-refractivity contribution in [3.05, 3.63) is 36.0 Å². The lowest BCUT2D eigenvalue weighted by Crippen LogP contribution is -2.35. The van der Waals surface area contributed by atoms with Gasteiger partial charge in [0.15, 0.2) is 0 Å². The molecule has 0 aliphatic carbocycles. The number of ether oxygens (including phenoxy) is 1. The van der Waals surface area contributed by atoms with Gasteiger partial charge in [-0.3, -0.25) is 4.79 Å². The Labute approximate surface area is 112 Å². The van der Waals surface area contributed by atoms with E-state index in [0.29, 0.717) is 6.54 Å². The van der Waals surface area contributed by atoms with Crippen molar-refractivity contribution in [2.24, 2.45) is 0 Å². The van der Waals surface area contributed by atoms with Crippen molar-refractivity contribution in [1.82, 2.24) is 10.3 Å². The molecule has 1 amide bonds. The lowest BCUT2D eigenvalue weighted by atomic mass is 10.1. The minimum atomic E-state index is -0.0284. The van der Waals surface area contributed by atoms with Gasteiger partial charge in [-0.1, -0.05) is 6.07 Å². The molecule has 2 aromatic rings. The second kappa shape index (κ2) is 5.45. The number of carbonyl (C=O) groups excluding carboxylic acids is 1. The van der Waals surface area contributed by atoms with Crippen molar-refractivity contribution in [3.63, 3.8) is 0 Å². The first-order valence-corrected chi connectivity index (χ1v) is 6.80. The summed E-state index contributed by atoms with van der Waals surface area (Å²) >= 11 is 0. The van der Waals surface area contributed by atoms with Gasteiger partial charge in [-0.25, -0.2) is 0 Å². The predicted molar refractivity (Wildman–Crippen MR) is 74.2 cm³/mol. The Bertz CT molecular complexity index is 570. The number of aromatic nitrogens is 1. The first-order chi connectivity index (χ1) is 9.34. The molecule has 0 spiro atoms. The maximum Gasteiger partial charge on any atom is 0.252 e. The standard InChI is InChI=1S/C15H18N2O2/c18-15(17-10-11-4-1-2-9-19-11)13-5-3-6-14-12(13)7-8-16-14/h3,5-8,11,16H,1-2,4,9-10H2,(H,17,18). The van der Waals surface area contributed by atoms with Crippen LogP contribution in [-0.2, 0) is 4.74 Å². The molecule has 1 fully saturated rings. The van der Waals surface area contributed by atoms with E-state index in [9.17, 15) is 4.79 Å². The van der Waals surface area contributed by atoms with Gasteiger partial charge in [0, 0.05) is 35.8 Å². The van der Waals surface area contributed by atoms with E-state index < -0.39 is 0 Å². The molecule has 19 heavy (non-hydrogen) atoms. The van der Waals surface area contributed by atoms with Crippen molar-refractivity contribution in [2.45, 2.75) is 25.4 Å². The van der Waals surface area contributed by atoms with Crippen LogP contribution >= 0.6 is 0 Å². The molecule has 1 aromatic heterocycles. The molecule has 1 saturated heterocycles. The van der Waals surface area contributed by atoms with Gasteiger partial charge in [0.05, 0.1) is 6.10 Å². The van der Waals surface area contributed by atoms with Crippen LogP contribution in [0.3, 0.4) is 0 Å². The van der Waals surface area contributed by atoms with Crippen LogP contribution in [0.4, 0.5) is 0 Å². The average Bonchev–Trinajstić information content (AvgIpc) is 2.94. The smallest absolute Gasteiger partial charge is 0.252 e. The number of benzene rings is 1. The van der Waals surface area contributed by atoms with Crippen molar-refractivity contribution in [2.75, 3.05) is 13.2 Å². The number of fused-ring (bicyclic) bond motifs is 1. The molecule has 1 aliphatic heterocycles. The van der Waals surface area contributed by atoms with Crippen molar-refractivity contribution >= 4 is 16.8 Å². The minimum absolute atomic E-state index is 0.0284. The zero-order valence-corrected chi connectivity index (χ0v) is 10.8. The van der Waals surface area contributed by atoms with Gasteiger partial charge < -0.3 is 15.0 Å². The summed E-state index contributed by atoms with van der Waals surface area (Å²) in [5, 5.41) is 3.94. The maximum absolute atomic E-state index is 12.2. The van der Waals surface area contributed by atoms with Crippen molar-refractivity contribution in [3.8, 4) is 0 Å². The molecule has 1 aliphatic rings. The lowest BCUT2D eigenvalue weighted by Gasteiger charge is -2.22. The molecule has 1 aromatic carbocycles. The van der Waals surface area contributed by atoms with E-state index >= 15 is 0 Å². The van der Waals surface area contributed by atoms with E-state index in [1.165, 1.54) is 6.42 Å². The number of nitrogens with one attached hydrogen (secondary N) is 2. The molecule has 1 unspecified atom stereocenters. The molecule has 2 N–H and O–H groups in total. The van der Waals surface area contributed by atoms with Crippen LogP contribution in [0.2, 0.25) is 0 Å². The Balaban J connectivity index is 1.68. The number of hydrogen-bond donors (Lipinski definition) is 2. The van der Waals surface area contributed by atoms with Gasteiger partial charge in [-0.05, 0) is 37.5 Å². The summed E-state index contributed by atoms with van der Waals surface area (Å²) in [6, 6.07) is 7.65. The molecular weight excluding hydrogens is 240 g/mol. The zero-order valence-electron chi connectivity index (χ0n) is 10.8. The van der Waals surface area contributed by atoms with Crippen LogP contribution in [0.25, 0.3) is 10.9 Å². The predicted octanol–water partition coefficient (Wildman–Crippen LogP) is 2.47. The first kappa shape index (κ1) is 12.2. The van der Waals surface area contributed by atoms with Crippen LogP contribution in [0.15, 0.2) is 30.5 Å². The van der Waals surface area contributed by atoms with Crippen molar-refractivity contribution < 1.29 is 9.53 Å². The van der Waals surface area contributed by atoms with Gasteiger partial charge >= 0.3 is 0 Å². The summed E-state index contributed by atoms with van der Waals surface area (Å²) in [6.45, 7) is 1.41. The van der Waals surface area contributed by atoms with E-state index in [4.69, 9.17) is 4.74 Å². The summed E-state index contributed by atoms with van der Waals surface area (Å²) in [6.07, 6.45) is 5.38. The third kappa shape index (κ3) is 2.63. The summed E-state index contributed by atoms with van der Waals surface area (Å²) in [5.74, 6) is -0.0284. The van der Waals surface area contributed by atoms with Crippen LogP contribution in [0, 0.1) is 0 Å². The van der Waals surface area contributed by atoms with E-state index in [1.54, 1.807) is 0 Å². The lowest BCUT2D eigenvalue weighted by molar-refractivity contribution is 0.0169. The number of rotatable bonds is 3. The van der Waals surface area contributed by atoms with Crippen LogP contribution in [-0.4, -0.2) is 30.1 Å². The fraction of sp³-hybridized carbons (Fsp3) is 0.400. The number of H-pyrrole nitrogens is 1. The Morgan fingerprint density at radius 1 is 1.37 bits per heavy atom. The maximum atomic E-state index is 12.2. The molecule has 0 bridgehead atoms. The van der Waals surface area contributed by atoms with E-state index in [-0.39, 0.29) is 12.0 Å². The number of carbonyl (C=O) groups is 1. The molecule has 3 rings (SSSR count). The zero-order chi connectivity index (χ0) is 13.1. The highest BCUT2D eigenvalue weighted by Gasteiger charge is 2.16. The first-order valence-electron chi connectivity index (χ1n) is 6.80. The Morgan fingerprint density at radius 3 is 3.16 bits per heavy atom. The topological polar surface area (TPSA) is 54.1 Å². The summed E-state index contributed by atoms with van der Waals surface area (Å²) in [5.41, 5.74) is 1.70. The third-order valence-electron chi connectivity index (χ3n) is 3.60. The van der Waals surface area contributed by atoms with E-state index in [0.717, 1.165) is 35.9 Å². The second-order valence-corrected chi connectivity index (χ2v) is 4.94. The Kier molecular flexibility index (Phi) is 3.51. The van der Waals surface area contributed by atoms with Gasteiger partial charge in [0.2, 0.25) is 0 Å². The van der Waals surface area contributed by atoms with Crippen molar-refractivity contribution in [1.29, 1.82) is 0 Å². The molecule has 1 atom stereocenters. The highest BCUT2D eigenvalue weighted by Crippen LogP contribution is 2.17. The van der Waals surface area contributed by atoms with Gasteiger partial charge in [-0.15, -0.1) is 0 Å². The Hall–Kier alpha value is -1.81. The number of amides is 1. The van der Waals surface area contributed by atoms with Gasteiger partial charge in [0.25, 0.3) is 5.91 Å². The molecule has 4 heteroatoms. The fourth-order valence-electron chi connectivity index (χ4n) is 2.55.